The van der Waals surface area contributed by atoms with Gasteiger partial charge in [-0.05, 0) is 69.6 Å². The average molecular weight is 402 g/mol. The Hall–Kier alpha value is -1.71. The average Bonchev–Trinajstić information content (AvgIpc) is 3.09. The first-order valence-corrected chi connectivity index (χ1v) is 10.7. The van der Waals surface area contributed by atoms with Crippen LogP contribution >= 0.6 is 12.4 Å². The van der Waals surface area contributed by atoms with Crippen molar-refractivity contribution in [1.82, 2.24) is 4.90 Å². The van der Waals surface area contributed by atoms with Crippen LogP contribution in [0.4, 0.5) is 0 Å². The predicted octanol–water partition coefficient (Wildman–Crippen LogP) is 6.82. The minimum atomic E-state index is 0. The number of halogens is 1. The van der Waals surface area contributed by atoms with Crippen molar-refractivity contribution in [3.63, 3.8) is 0 Å². The van der Waals surface area contributed by atoms with E-state index in [1.807, 2.05) is 24.3 Å². The molecule has 2 heterocycles. The van der Waals surface area contributed by atoms with Gasteiger partial charge in [0.25, 0.3) is 0 Å². The largest absolute Gasteiger partial charge is 0.494 e. The van der Waals surface area contributed by atoms with Crippen molar-refractivity contribution in [1.29, 1.82) is 0 Å². The van der Waals surface area contributed by atoms with Crippen LogP contribution < -0.4 is 4.74 Å². The lowest BCUT2D eigenvalue weighted by atomic mass is 10.1. The first-order valence-electron chi connectivity index (χ1n) is 10.7. The molecule has 1 fully saturated rings. The van der Waals surface area contributed by atoms with Crippen LogP contribution in [-0.2, 0) is 0 Å². The summed E-state index contributed by atoms with van der Waals surface area (Å²) in [6.07, 6.45) is 10.7. The molecular weight excluding hydrogens is 370 g/mol. The molecule has 0 atom stereocenters. The second-order valence-corrected chi connectivity index (χ2v) is 7.77. The van der Waals surface area contributed by atoms with Gasteiger partial charge in [-0.25, -0.2) is 0 Å². The second-order valence-electron chi connectivity index (χ2n) is 7.77. The molecule has 0 radical (unpaired) electrons. The minimum Gasteiger partial charge on any atom is -0.494 e. The molecule has 3 aromatic rings. The number of furan rings is 1. The van der Waals surface area contributed by atoms with E-state index in [9.17, 15) is 0 Å². The summed E-state index contributed by atoms with van der Waals surface area (Å²) in [5.41, 5.74) is 1.87. The Balaban J connectivity index is 0.00000225. The number of likely N-dealkylation sites (tertiary alicyclic amines) is 1. The Morgan fingerprint density at radius 2 is 1.54 bits per heavy atom. The van der Waals surface area contributed by atoms with E-state index in [-0.39, 0.29) is 12.4 Å². The van der Waals surface area contributed by atoms with Crippen LogP contribution in [0.5, 0.6) is 5.75 Å². The maximum atomic E-state index is 5.98. The van der Waals surface area contributed by atoms with E-state index in [1.54, 1.807) is 0 Å². The summed E-state index contributed by atoms with van der Waals surface area (Å²) in [5, 5.41) is 2.30. The van der Waals surface area contributed by atoms with Crippen LogP contribution in [0.3, 0.4) is 0 Å². The van der Waals surface area contributed by atoms with Gasteiger partial charge in [0.05, 0.1) is 6.61 Å². The third-order valence-electron chi connectivity index (χ3n) is 5.68. The Kier molecular flexibility index (Phi) is 8.05. The highest BCUT2D eigenvalue weighted by molar-refractivity contribution is 6.05. The zero-order valence-electron chi connectivity index (χ0n) is 16.7. The van der Waals surface area contributed by atoms with E-state index in [4.69, 9.17) is 9.15 Å². The molecular formula is C24H32ClNO2. The zero-order valence-corrected chi connectivity index (χ0v) is 17.5. The van der Waals surface area contributed by atoms with E-state index in [1.165, 1.54) is 64.6 Å². The molecule has 28 heavy (non-hydrogen) atoms. The molecule has 0 amide bonds. The molecule has 4 rings (SSSR count). The van der Waals surface area contributed by atoms with Crippen LogP contribution in [0.2, 0.25) is 0 Å². The smallest absolute Gasteiger partial charge is 0.135 e. The molecule has 0 aliphatic carbocycles. The molecule has 1 aromatic heterocycles. The zero-order chi connectivity index (χ0) is 18.3. The molecule has 0 N–H and O–H groups in total. The Morgan fingerprint density at radius 3 is 2.43 bits per heavy atom. The summed E-state index contributed by atoms with van der Waals surface area (Å²) < 4.78 is 11.9. The first-order chi connectivity index (χ1) is 13.4. The van der Waals surface area contributed by atoms with Gasteiger partial charge in [0, 0.05) is 10.8 Å². The molecule has 2 aromatic carbocycles. The molecule has 0 saturated carbocycles. The van der Waals surface area contributed by atoms with Crippen molar-refractivity contribution in [2.45, 2.75) is 51.4 Å². The topological polar surface area (TPSA) is 25.6 Å². The number of hydrogen-bond acceptors (Lipinski definition) is 3. The van der Waals surface area contributed by atoms with Crippen LogP contribution in [0.15, 0.2) is 46.9 Å². The van der Waals surface area contributed by atoms with Gasteiger partial charge in [0.15, 0.2) is 0 Å². The van der Waals surface area contributed by atoms with Crippen molar-refractivity contribution >= 4 is 34.3 Å². The van der Waals surface area contributed by atoms with Crippen LogP contribution in [-0.4, -0.2) is 31.1 Å². The molecule has 152 valence electrons. The highest BCUT2D eigenvalue weighted by atomic mass is 35.5. The van der Waals surface area contributed by atoms with E-state index >= 15 is 0 Å². The molecule has 1 aliphatic rings. The quantitative estimate of drug-likeness (QED) is 0.368. The van der Waals surface area contributed by atoms with Crippen LogP contribution in [0, 0.1) is 0 Å². The van der Waals surface area contributed by atoms with Crippen molar-refractivity contribution < 1.29 is 9.15 Å². The molecule has 0 unspecified atom stereocenters. The van der Waals surface area contributed by atoms with Crippen molar-refractivity contribution in [3.8, 4) is 5.75 Å². The monoisotopic (exact) mass is 401 g/mol. The highest BCUT2D eigenvalue weighted by Crippen LogP contribution is 2.31. The van der Waals surface area contributed by atoms with Crippen molar-refractivity contribution in [2.24, 2.45) is 0 Å². The van der Waals surface area contributed by atoms with Gasteiger partial charge in [-0.2, -0.15) is 0 Å². The summed E-state index contributed by atoms with van der Waals surface area (Å²) >= 11 is 0. The number of benzene rings is 2. The standard InChI is InChI=1S/C24H31NO2.ClH/c1(2-7-15-25-16-8-4-9-17-25)3-10-18-26-20-13-14-24-22(19-20)21-11-5-6-12-23(21)27-24;/h5-6,11-14,19H,1-4,7-10,15-18H2;1H. The normalized spacial score (nSPS) is 15.0. The SMILES string of the molecule is Cl.c1ccc2c(c1)oc1ccc(OCCCCCCCN3CCCCC3)cc12. The van der Waals surface area contributed by atoms with Crippen molar-refractivity contribution in [3.05, 3.63) is 42.5 Å². The summed E-state index contributed by atoms with van der Waals surface area (Å²) in [4.78, 5) is 2.64. The second kappa shape index (κ2) is 10.7. The molecule has 0 spiro atoms. The molecule has 4 heteroatoms. The van der Waals surface area contributed by atoms with Crippen LogP contribution in [0.25, 0.3) is 21.9 Å². The van der Waals surface area contributed by atoms with Gasteiger partial charge in [-0.3, -0.25) is 0 Å². The molecule has 0 bridgehead atoms. The van der Waals surface area contributed by atoms with E-state index in [0.717, 1.165) is 40.7 Å². The molecule has 3 nitrogen and oxygen atoms in total. The number of unbranched alkanes of at least 4 members (excludes halogenated alkanes) is 4. The lowest BCUT2D eigenvalue weighted by Gasteiger charge is -2.26. The lowest BCUT2D eigenvalue weighted by Crippen LogP contribution is -2.30. The van der Waals surface area contributed by atoms with E-state index in [2.05, 4.69) is 23.1 Å². The summed E-state index contributed by atoms with van der Waals surface area (Å²) in [6.45, 7) is 4.75. The first kappa shape index (κ1) is 21.0. The summed E-state index contributed by atoms with van der Waals surface area (Å²) in [5.74, 6) is 0.944. The minimum absolute atomic E-state index is 0. The third-order valence-corrected chi connectivity index (χ3v) is 5.68. The number of hydrogen-bond donors (Lipinski definition) is 0. The predicted molar refractivity (Wildman–Crippen MR) is 120 cm³/mol. The lowest BCUT2D eigenvalue weighted by molar-refractivity contribution is 0.223. The van der Waals surface area contributed by atoms with Gasteiger partial charge >= 0.3 is 0 Å². The Morgan fingerprint density at radius 1 is 0.786 bits per heavy atom. The van der Waals surface area contributed by atoms with E-state index < -0.39 is 0 Å². The van der Waals surface area contributed by atoms with Crippen molar-refractivity contribution in [2.75, 3.05) is 26.2 Å². The fourth-order valence-corrected chi connectivity index (χ4v) is 4.14. The maximum absolute atomic E-state index is 5.98. The number of fused-ring (bicyclic) bond motifs is 3. The number of rotatable bonds is 9. The Labute approximate surface area is 174 Å². The fourth-order valence-electron chi connectivity index (χ4n) is 4.14. The summed E-state index contributed by atoms with van der Waals surface area (Å²) in [7, 11) is 0. The fraction of sp³-hybridized carbons (Fsp3) is 0.500. The molecule has 1 aliphatic heterocycles. The maximum Gasteiger partial charge on any atom is 0.135 e. The van der Waals surface area contributed by atoms with Gasteiger partial charge < -0.3 is 14.1 Å². The third kappa shape index (κ3) is 5.42. The number of piperidine rings is 1. The van der Waals surface area contributed by atoms with Crippen LogP contribution in [0.1, 0.15) is 51.4 Å². The van der Waals surface area contributed by atoms with Gasteiger partial charge in [0.1, 0.15) is 16.9 Å². The molecule has 1 saturated heterocycles. The summed E-state index contributed by atoms with van der Waals surface area (Å²) in [6, 6.07) is 14.3. The Bertz CT molecular complexity index is 854. The number of ether oxygens (including phenoxy) is 1. The van der Waals surface area contributed by atoms with Gasteiger partial charge in [-0.15, -0.1) is 12.4 Å². The van der Waals surface area contributed by atoms with E-state index in [0.29, 0.717) is 0 Å². The highest BCUT2D eigenvalue weighted by Gasteiger charge is 2.09. The number of nitrogens with zero attached hydrogens (tertiary/aromatic N) is 1. The van der Waals surface area contributed by atoms with Gasteiger partial charge in [-0.1, -0.05) is 43.9 Å². The number of para-hydroxylation sites is 1. The van der Waals surface area contributed by atoms with Gasteiger partial charge in [0.2, 0.25) is 0 Å².